The van der Waals surface area contributed by atoms with E-state index in [1.807, 2.05) is 35.1 Å². The molecule has 0 aliphatic carbocycles. The fourth-order valence-electron chi connectivity index (χ4n) is 2.06. The molecule has 0 atom stereocenters. The third kappa shape index (κ3) is 2.26. The molecule has 90 valence electrons. The van der Waals surface area contributed by atoms with Crippen molar-refractivity contribution < 1.29 is 0 Å². The maximum atomic E-state index is 4.32. The van der Waals surface area contributed by atoms with Gasteiger partial charge in [0.1, 0.15) is 0 Å². The van der Waals surface area contributed by atoms with Crippen LogP contribution < -0.4 is 5.32 Å². The summed E-state index contributed by atoms with van der Waals surface area (Å²) in [5.41, 5.74) is 3.69. The molecule has 0 bridgehead atoms. The molecule has 0 aliphatic heterocycles. The van der Waals surface area contributed by atoms with Gasteiger partial charge in [0.15, 0.2) is 0 Å². The lowest BCUT2D eigenvalue weighted by Crippen LogP contribution is -2.12. The summed E-state index contributed by atoms with van der Waals surface area (Å²) in [7, 11) is 0. The Bertz CT molecular complexity index is 628. The number of rotatable bonds is 4. The Balaban J connectivity index is 1.67. The fraction of sp³-hybridized carbons (Fsp3) is 0.133. The molecule has 0 unspecified atom stereocenters. The van der Waals surface area contributed by atoms with Crippen LogP contribution in [0.1, 0.15) is 11.1 Å². The van der Waals surface area contributed by atoms with E-state index in [9.17, 15) is 0 Å². The van der Waals surface area contributed by atoms with Gasteiger partial charge in [-0.1, -0.05) is 36.4 Å². The number of hydrogen-bond donors (Lipinski definition) is 1. The van der Waals surface area contributed by atoms with Gasteiger partial charge >= 0.3 is 0 Å². The predicted octanol–water partition coefficient (Wildman–Crippen LogP) is 2.62. The van der Waals surface area contributed by atoms with Crippen molar-refractivity contribution in [3.8, 4) is 0 Å². The monoisotopic (exact) mass is 237 g/mol. The molecular weight excluding hydrogens is 222 g/mol. The average Bonchev–Trinajstić information content (AvgIpc) is 2.84. The molecule has 0 radical (unpaired) electrons. The molecule has 2 heterocycles. The molecule has 0 spiro atoms. The first-order valence-corrected chi connectivity index (χ1v) is 6.09. The minimum atomic E-state index is 0.836. The number of pyridine rings is 1. The van der Waals surface area contributed by atoms with E-state index in [1.54, 1.807) is 0 Å². The van der Waals surface area contributed by atoms with Gasteiger partial charge in [-0.15, -0.1) is 0 Å². The van der Waals surface area contributed by atoms with Crippen LogP contribution in [0.25, 0.3) is 5.52 Å². The van der Waals surface area contributed by atoms with Gasteiger partial charge in [-0.2, -0.15) is 5.10 Å². The van der Waals surface area contributed by atoms with Crippen LogP contribution in [0.2, 0.25) is 0 Å². The quantitative estimate of drug-likeness (QED) is 0.755. The van der Waals surface area contributed by atoms with Crippen molar-refractivity contribution in [2.24, 2.45) is 0 Å². The zero-order valence-corrected chi connectivity index (χ0v) is 10.1. The molecule has 3 aromatic rings. The highest BCUT2D eigenvalue weighted by Crippen LogP contribution is 2.09. The minimum absolute atomic E-state index is 0.836. The van der Waals surface area contributed by atoms with Crippen LogP contribution in [0.3, 0.4) is 0 Å². The smallest absolute Gasteiger partial charge is 0.0706 e. The molecule has 0 fully saturated rings. The van der Waals surface area contributed by atoms with Gasteiger partial charge in [0.05, 0.1) is 11.7 Å². The van der Waals surface area contributed by atoms with E-state index in [0.29, 0.717) is 0 Å². The normalized spacial score (nSPS) is 10.9. The Hall–Kier alpha value is -2.13. The topological polar surface area (TPSA) is 29.3 Å². The van der Waals surface area contributed by atoms with E-state index in [-0.39, 0.29) is 0 Å². The molecule has 18 heavy (non-hydrogen) atoms. The SMILES string of the molecule is c1ccc(CNCc2cnn3ccccc23)cc1. The van der Waals surface area contributed by atoms with E-state index < -0.39 is 0 Å². The molecule has 0 aliphatic rings. The Morgan fingerprint density at radius 3 is 2.67 bits per heavy atom. The molecule has 0 saturated carbocycles. The van der Waals surface area contributed by atoms with Gasteiger partial charge in [0.25, 0.3) is 0 Å². The molecule has 1 aromatic carbocycles. The second-order valence-electron chi connectivity index (χ2n) is 4.29. The number of nitrogens with one attached hydrogen (secondary N) is 1. The van der Waals surface area contributed by atoms with Crippen molar-refractivity contribution in [3.05, 3.63) is 72.1 Å². The van der Waals surface area contributed by atoms with Crippen LogP contribution in [0, 0.1) is 0 Å². The van der Waals surface area contributed by atoms with Crippen LogP contribution in [0.4, 0.5) is 0 Å². The van der Waals surface area contributed by atoms with Crippen molar-refractivity contribution in [2.45, 2.75) is 13.1 Å². The summed E-state index contributed by atoms with van der Waals surface area (Å²) < 4.78 is 1.90. The third-order valence-electron chi connectivity index (χ3n) is 2.99. The molecular formula is C15H15N3. The standard InChI is InChI=1S/C15H15N3/c1-2-6-13(7-3-1)10-16-11-14-12-17-18-9-5-4-8-15(14)18/h1-9,12,16H,10-11H2. The van der Waals surface area contributed by atoms with E-state index in [2.05, 4.69) is 40.7 Å². The van der Waals surface area contributed by atoms with E-state index >= 15 is 0 Å². The van der Waals surface area contributed by atoms with Gasteiger partial charge in [-0.25, -0.2) is 4.52 Å². The number of nitrogens with zero attached hydrogens (tertiary/aromatic N) is 2. The van der Waals surface area contributed by atoms with Crippen LogP contribution in [-0.2, 0) is 13.1 Å². The second-order valence-corrected chi connectivity index (χ2v) is 4.29. The molecule has 3 nitrogen and oxygen atoms in total. The molecule has 0 amide bonds. The van der Waals surface area contributed by atoms with Gasteiger partial charge in [0, 0.05) is 24.8 Å². The van der Waals surface area contributed by atoms with Gasteiger partial charge in [-0.3, -0.25) is 0 Å². The van der Waals surface area contributed by atoms with Crippen molar-refractivity contribution in [2.75, 3.05) is 0 Å². The van der Waals surface area contributed by atoms with E-state index in [1.165, 1.54) is 11.1 Å². The Labute approximate surface area is 106 Å². The van der Waals surface area contributed by atoms with Gasteiger partial charge in [-0.05, 0) is 17.7 Å². The van der Waals surface area contributed by atoms with Crippen LogP contribution in [-0.4, -0.2) is 9.61 Å². The highest BCUT2D eigenvalue weighted by atomic mass is 15.2. The largest absolute Gasteiger partial charge is 0.308 e. The lowest BCUT2D eigenvalue weighted by atomic mass is 10.2. The zero-order chi connectivity index (χ0) is 12.2. The summed E-state index contributed by atoms with van der Waals surface area (Å²) in [5.74, 6) is 0. The first-order valence-electron chi connectivity index (χ1n) is 6.09. The summed E-state index contributed by atoms with van der Waals surface area (Å²) in [5, 5.41) is 7.76. The maximum absolute atomic E-state index is 4.32. The number of hydrogen-bond acceptors (Lipinski definition) is 2. The summed E-state index contributed by atoms with van der Waals surface area (Å²) in [6, 6.07) is 16.5. The van der Waals surface area contributed by atoms with Gasteiger partial charge in [0.2, 0.25) is 0 Å². The van der Waals surface area contributed by atoms with Crippen LogP contribution >= 0.6 is 0 Å². The Morgan fingerprint density at radius 2 is 1.78 bits per heavy atom. The number of fused-ring (bicyclic) bond motifs is 1. The van der Waals surface area contributed by atoms with E-state index in [0.717, 1.165) is 18.6 Å². The number of aromatic nitrogens is 2. The summed E-state index contributed by atoms with van der Waals surface area (Å²) in [4.78, 5) is 0. The summed E-state index contributed by atoms with van der Waals surface area (Å²) >= 11 is 0. The first kappa shape index (κ1) is 11.0. The maximum Gasteiger partial charge on any atom is 0.0706 e. The highest BCUT2D eigenvalue weighted by Gasteiger charge is 2.02. The summed E-state index contributed by atoms with van der Waals surface area (Å²) in [6.45, 7) is 1.72. The average molecular weight is 237 g/mol. The Kier molecular flexibility index (Phi) is 3.07. The zero-order valence-electron chi connectivity index (χ0n) is 10.1. The minimum Gasteiger partial charge on any atom is -0.308 e. The second kappa shape index (κ2) is 5.02. The molecule has 1 N–H and O–H groups in total. The highest BCUT2D eigenvalue weighted by molar-refractivity contribution is 5.53. The van der Waals surface area contributed by atoms with Gasteiger partial charge < -0.3 is 5.32 Å². The van der Waals surface area contributed by atoms with Crippen molar-refractivity contribution >= 4 is 5.52 Å². The molecule has 2 aromatic heterocycles. The third-order valence-corrected chi connectivity index (χ3v) is 2.99. The Morgan fingerprint density at radius 1 is 0.944 bits per heavy atom. The lowest BCUT2D eigenvalue weighted by molar-refractivity contribution is 0.696. The molecule has 0 saturated heterocycles. The van der Waals surface area contributed by atoms with Crippen molar-refractivity contribution in [3.63, 3.8) is 0 Å². The van der Waals surface area contributed by atoms with Crippen molar-refractivity contribution in [1.82, 2.24) is 14.9 Å². The summed E-state index contributed by atoms with van der Waals surface area (Å²) in [6.07, 6.45) is 3.89. The van der Waals surface area contributed by atoms with Crippen LogP contribution in [0.5, 0.6) is 0 Å². The van der Waals surface area contributed by atoms with Crippen LogP contribution in [0.15, 0.2) is 60.9 Å². The first-order chi connectivity index (χ1) is 8.93. The van der Waals surface area contributed by atoms with Crippen molar-refractivity contribution in [1.29, 1.82) is 0 Å². The fourth-order valence-corrected chi connectivity index (χ4v) is 2.06. The van der Waals surface area contributed by atoms with E-state index in [4.69, 9.17) is 0 Å². The molecule has 3 rings (SSSR count). The number of benzene rings is 1. The molecule has 3 heteroatoms. The lowest BCUT2D eigenvalue weighted by Gasteiger charge is -2.03. The predicted molar refractivity (Wildman–Crippen MR) is 72.2 cm³/mol.